The summed E-state index contributed by atoms with van der Waals surface area (Å²) in [7, 11) is 0. The number of hydrogen-bond donors (Lipinski definition) is 1. The first-order valence-electron chi connectivity index (χ1n) is 6.74. The second kappa shape index (κ2) is 7.32. The van der Waals surface area contributed by atoms with Crippen molar-refractivity contribution < 1.29 is 0 Å². The van der Waals surface area contributed by atoms with Gasteiger partial charge in [-0.15, -0.1) is 11.6 Å². The first-order valence-corrected chi connectivity index (χ1v) is 7.27. The van der Waals surface area contributed by atoms with Crippen LogP contribution in [0.4, 0.5) is 0 Å². The normalized spacial score (nSPS) is 10.6. The fraction of sp³-hybridized carbons (Fsp3) is 0.294. The summed E-state index contributed by atoms with van der Waals surface area (Å²) in [5, 5.41) is 3.46. The third kappa shape index (κ3) is 4.38. The minimum atomic E-state index is 0.581. The zero-order chi connectivity index (χ0) is 13.5. The third-order valence-corrected chi connectivity index (χ3v) is 3.58. The lowest BCUT2D eigenvalue weighted by Crippen LogP contribution is -2.12. The number of benzene rings is 2. The lowest BCUT2D eigenvalue weighted by molar-refractivity contribution is 0.693. The summed E-state index contributed by atoms with van der Waals surface area (Å²) in [6, 6.07) is 17.2. The fourth-order valence-electron chi connectivity index (χ4n) is 1.99. The van der Waals surface area contributed by atoms with Crippen LogP contribution in [-0.2, 0) is 25.4 Å². The Balaban J connectivity index is 1.81. The molecule has 19 heavy (non-hydrogen) atoms. The molecule has 2 rings (SSSR count). The van der Waals surface area contributed by atoms with E-state index in [2.05, 4.69) is 60.8 Å². The smallest absolute Gasteiger partial charge is 0.0474 e. The molecule has 0 aliphatic rings. The predicted octanol–water partition coefficient (Wildman–Crippen LogP) is 4.28. The molecule has 0 aliphatic heterocycles. The van der Waals surface area contributed by atoms with E-state index < -0.39 is 0 Å². The molecule has 2 heteroatoms. The Morgan fingerprint density at radius 2 is 1.16 bits per heavy atom. The maximum Gasteiger partial charge on any atom is 0.0474 e. The molecular weight excluding hydrogens is 254 g/mol. The van der Waals surface area contributed by atoms with Gasteiger partial charge in [-0.2, -0.15) is 0 Å². The van der Waals surface area contributed by atoms with Crippen molar-refractivity contribution in [2.24, 2.45) is 0 Å². The molecule has 0 radical (unpaired) electrons. The van der Waals surface area contributed by atoms with E-state index in [1.54, 1.807) is 0 Å². The molecule has 0 bridgehead atoms. The third-order valence-electron chi connectivity index (χ3n) is 3.27. The molecule has 2 aromatic carbocycles. The minimum Gasteiger partial charge on any atom is -0.309 e. The van der Waals surface area contributed by atoms with Crippen molar-refractivity contribution in [1.29, 1.82) is 0 Å². The molecule has 2 aromatic rings. The number of hydrogen-bond acceptors (Lipinski definition) is 1. The Labute approximate surface area is 120 Å². The van der Waals surface area contributed by atoms with Gasteiger partial charge < -0.3 is 5.32 Å². The van der Waals surface area contributed by atoms with Crippen LogP contribution >= 0.6 is 11.6 Å². The molecule has 0 aromatic heterocycles. The maximum atomic E-state index is 5.77. The summed E-state index contributed by atoms with van der Waals surface area (Å²) in [5.41, 5.74) is 5.18. The van der Waals surface area contributed by atoms with Gasteiger partial charge in [-0.05, 0) is 28.7 Å². The van der Waals surface area contributed by atoms with Gasteiger partial charge in [0.25, 0.3) is 0 Å². The van der Waals surface area contributed by atoms with Crippen molar-refractivity contribution >= 4 is 11.6 Å². The molecular formula is C17H20ClN. The van der Waals surface area contributed by atoms with Gasteiger partial charge in [0.15, 0.2) is 0 Å². The summed E-state index contributed by atoms with van der Waals surface area (Å²) < 4.78 is 0. The molecule has 0 unspecified atom stereocenters. The highest BCUT2D eigenvalue weighted by molar-refractivity contribution is 6.17. The zero-order valence-corrected chi connectivity index (χ0v) is 12.1. The van der Waals surface area contributed by atoms with E-state index >= 15 is 0 Å². The Morgan fingerprint density at radius 1 is 0.737 bits per heavy atom. The van der Waals surface area contributed by atoms with Crippen molar-refractivity contribution in [2.75, 3.05) is 0 Å². The van der Waals surface area contributed by atoms with Crippen molar-refractivity contribution in [3.63, 3.8) is 0 Å². The molecule has 0 atom stereocenters. The van der Waals surface area contributed by atoms with Crippen LogP contribution in [0.5, 0.6) is 0 Å². The van der Waals surface area contributed by atoms with E-state index in [1.807, 2.05) is 0 Å². The quantitative estimate of drug-likeness (QED) is 0.775. The van der Waals surface area contributed by atoms with E-state index in [0.29, 0.717) is 5.88 Å². The molecule has 0 saturated heterocycles. The van der Waals surface area contributed by atoms with Crippen molar-refractivity contribution in [1.82, 2.24) is 5.32 Å². The average molecular weight is 274 g/mol. The number of alkyl halides is 1. The van der Waals surface area contributed by atoms with Gasteiger partial charge in [-0.1, -0.05) is 55.5 Å². The van der Waals surface area contributed by atoms with Crippen LogP contribution in [0, 0.1) is 0 Å². The SMILES string of the molecule is CCc1ccc(CNCc2ccc(CCl)cc2)cc1. The van der Waals surface area contributed by atoms with E-state index in [0.717, 1.165) is 19.5 Å². The average Bonchev–Trinajstić information content (AvgIpc) is 2.49. The Hall–Kier alpha value is -1.31. The molecule has 0 heterocycles. The van der Waals surface area contributed by atoms with E-state index in [4.69, 9.17) is 11.6 Å². The van der Waals surface area contributed by atoms with Crippen LogP contribution in [0.25, 0.3) is 0 Å². The van der Waals surface area contributed by atoms with Gasteiger partial charge in [0.1, 0.15) is 0 Å². The first-order chi connectivity index (χ1) is 9.31. The van der Waals surface area contributed by atoms with Crippen LogP contribution in [0.2, 0.25) is 0 Å². The van der Waals surface area contributed by atoms with E-state index in [1.165, 1.54) is 22.3 Å². The van der Waals surface area contributed by atoms with Gasteiger partial charge in [-0.3, -0.25) is 0 Å². The minimum absolute atomic E-state index is 0.581. The van der Waals surface area contributed by atoms with Crippen molar-refractivity contribution in [2.45, 2.75) is 32.3 Å². The summed E-state index contributed by atoms with van der Waals surface area (Å²) in [6.07, 6.45) is 1.10. The number of aryl methyl sites for hydroxylation is 1. The van der Waals surface area contributed by atoms with Crippen LogP contribution in [-0.4, -0.2) is 0 Å². The highest BCUT2D eigenvalue weighted by Gasteiger charge is 1.96. The molecule has 0 amide bonds. The highest BCUT2D eigenvalue weighted by Crippen LogP contribution is 2.08. The Kier molecular flexibility index (Phi) is 5.44. The summed E-state index contributed by atoms with van der Waals surface area (Å²) >= 11 is 5.77. The van der Waals surface area contributed by atoms with Crippen molar-refractivity contribution in [3.05, 3.63) is 70.8 Å². The molecule has 1 N–H and O–H groups in total. The van der Waals surface area contributed by atoms with Gasteiger partial charge in [0.05, 0.1) is 0 Å². The molecule has 1 nitrogen and oxygen atoms in total. The van der Waals surface area contributed by atoms with Crippen LogP contribution in [0.15, 0.2) is 48.5 Å². The van der Waals surface area contributed by atoms with Crippen LogP contribution in [0.3, 0.4) is 0 Å². The fourth-order valence-corrected chi connectivity index (χ4v) is 2.17. The van der Waals surface area contributed by atoms with E-state index in [-0.39, 0.29) is 0 Å². The Morgan fingerprint density at radius 3 is 1.58 bits per heavy atom. The number of nitrogens with one attached hydrogen (secondary N) is 1. The van der Waals surface area contributed by atoms with Gasteiger partial charge in [0.2, 0.25) is 0 Å². The first kappa shape index (κ1) is 14.1. The van der Waals surface area contributed by atoms with Gasteiger partial charge >= 0.3 is 0 Å². The predicted molar refractivity (Wildman–Crippen MR) is 82.4 cm³/mol. The molecule has 100 valence electrons. The molecule has 0 saturated carbocycles. The monoisotopic (exact) mass is 273 g/mol. The van der Waals surface area contributed by atoms with E-state index in [9.17, 15) is 0 Å². The summed E-state index contributed by atoms with van der Waals surface area (Å²) in [4.78, 5) is 0. The molecule has 0 spiro atoms. The van der Waals surface area contributed by atoms with Gasteiger partial charge in [-0.25, -0.2) is 0 Å². The molecule has 0 fully saturated rings. The maximum absolute atomic E-state index is 5.77. The summed E-state index contributed by atoms with van der Waals surface area (Å²) in [6.45, 7) is 3.97. The molecule has 0 aliphatic carbocycles. The zero-order valence-electron chi connectivity index (χ0n) is 11.3. The van der Waals surface area contributed by atoms with Gasteiger partial charge in [0, 0.05) is 19.0 Å². The largest absolute Gasteiger partial charge is 0.309 e. The van der Waals surface area contributed by atoms with Crippen LogP contribution in [0.1, 0.15) is 29.2 Å². The highest BCUT2D eigenvalue weighted by atomic mass is 35.5. The Bertz CT molecular complexity index is 440. The summed E-state index contributed by atoms with van der Waals surface area (Å²) in [5.74, 6) is 0.581. The second-order valence-corrected chi connectivity index (χ2v) is 4.99. The van der Waals surface area contributed by atoms with Crippen molar-refractivity contribution in [3.8, 4) is 0 Å². The topological polar surface area (TPSA) is 12.0 Å². The standard InChI is InChI=1S/C17H20ClN/c1-2-14-3-7-16(8-4-14)12-19-13-17-9-5-15(11-18)6-10-17/h3-10,19H,2,11-13H2,1H3. The number of rotatable bonds is 6. The lowest BCUT2D eigenvalue weighted by Gasteiger charge is -2.06. The lowest BCUT2D eigenvalue weighted by atomic mass is 10.1. The number of halogens is 1. The van der Waals surface area contributed by atoms with Crippen LogP contribution < -0.4 is 5.32 Å². The second-order valence-electron chi connectivity index (χ2n) is 4.72.